The molecule has 0 saturated carbocycles. The van der Waals surface area contributed by atoms with Crippen molar-refractivity contribution in [2.45, 2.75) is 25.3 Å². The van der Waals surface area contributed by atoms with E-state index in [1.54, 1.807) is 11.8 Å². The molecule has 154 valence electrons. The number of H-pyrrole nitrogens is 1. The molecule has 2 heterocycles. The molecular formula is C24H26N3O2S+. The summed E-state index contributed by atoms with van der Waals surface area (Å²) < 4.78 is 8.12. The number of fused-ring (bicyclic) bond motifs is 1. The number of aryl methyl sites for hydroxylation is 1. The lowest BCUT2D eigenvalue weighted by Gasteiger charge is -2.15. The highest BCUT2D eigenvalue weighted by Gasteiger charge is 2.20. The number of aromatic nitrogens is 2. The summed E-state index contributed by atoms with van der Waals surface area (Å²) >= 11 is 1.82. The smallest absolute Gasteiger partial charge is 0.326 e. The van der Waals surface area contributed by atoms with E-state index in [4.69, 9.17) is 15.3 Å². The number of thioether (sulfide) groups is 1. The van der Waals surface area contributed by atoms with Crippen molar-refractivity contribution in [3.8, 4) is 22.6 Å². The number of pyridine rings is 1. The van der Waals surface area contributed by atoms with Gasteiger partial charge in [-0.3, -0.25) is 0 Å². The average Bonchev–Trinajstić information content (AvgIpc) is 3.25. The van der Waals surface area contributed by atoms with Crippen molar-refractivity contribution in [1.82, 2.24) is 4.98 Å². The number of nitrogens with two attached hydrogens (primary N) is 1. The lowest BCUT2D eigenvalue weighted by atomic mass is 10.0. The zero-order valence-electron chi connectivity index (χ0n) is 17.4. The van der Waals surface area contributed by atoms with Gasteiger partial charge in [0.05, 0.1) is 11.6 Å². The standard InChI is InChI=1S/C24H25N3O2S/c1-4-30-19-9-10-23(29-18-7-5-17(15-25)6-8-18)22(14-19)21-13-16(2)27(28-3)24-20(21)11-12-26-24/h5-14H,4,15,25H2,1-3H3/p+1. The molecule has 0 aliphatic carbocycles. The van der Waals surface area contributed by atoms with Crippen LogP contribution in [0.5, 0.6) is 11.5 Å². The van der Waals surface area contributed by atoms with Crippen molar-refractivity contribution in [2.24, 2.45) is 5.73 Å². The minimum absolute atomic E-state index is 0.517. The molecule has 0 fully saturated rings. The number of ether oxygens (including phenoxy) is 1. The second-order valence-corrected chi connectivity index (χ2v) is 8.29. The van der Waals surface area contributed by atoms with Crippen molar-refractivity contribution >= 4 is 22.8 Å². The Morgan fingerprint density at radius 3 is 2.53 bits per heavy atom. The van der Waals surface area contributed by atoms with Crippen LogP contribution in [0, 0.1) is 6.92 Å². The fourth-order valence-corrected chi connectivity index (χ4v) is 4.31. The lowest BCUT2D eigenvalue weighted by Crippen LogP contribution is -2.44. The van der Waals surface area contributed by atoms with Gasteiger partial charge in [-0.15, -0.1) is 11.8 Å². The number of rotatable bonds is 7. The molecule has 0 unspecified atom stereocenters. The summed E-state index contributed by atoms with van der Waals surface area (Å²) in [5.74, 6) is 2.61. The zero-order chi connectivity index (χ0) is 21.1. The summed E-state index contributed by atoms with van der Waals surface area (Å²) in [6.45, 7) is 4.71. The molecule has 4 rings (SSSR count). The van der Waals surface area contributed by atoms with Crippen LogP contribution in [0.3, 0.4) is 0 Å². The van der Waals surface area contributed by atoms with Crippen LogP contribution in [0.25, 0.3) is 22.2 Å². The first kappa shape index (κ1) is 20.3. The Labute approximate surface area is 180 Å². The number of hydrogen-bond donors (Lipinski definition) is 2. The van der Waals surface area contributed by atoms with Gasteiger partial charge >= 0.3 is 5.65 Å². The summed E-state index contributed by atoms with van der Waals surface area (Å²) in [4.78, 5) is 10.1. The Hall–Kier alpha value is -2.96. The maximum atomic E-state index is 6.32. The molecule has 0 atom stereocenters. The summed E-state index contributed by atoms with van der Waals surface area (Å²) in [6.07, 6.45) is 1.93. The first-order valence-electron chi connectivity index (χ1n) is 9.96. The second kappa shape index (κ2) is 8.81. The van der Waals surface area contributed by atoms with Gasteiger partial charge in [-0.05, 0) is 58.5 Å². The maximum absolute atomic E-state index is 6.32. The highest BCUT2D eigenvalue weighted by molar-refractivity contribution is 7.99. The van der Waals surface area contributed by atoms with Crippen molar-refractivity contribution in [2.75, 3.05) is 12.9 Å². The molecule has 0 spiro atoms. The quantitative estimate of drug-likeness (QED) is 0.331. The second-order valence-electron chi connectivity index (χ2n) is 6.96. The van der Waals surface area contributed by atoms with Gasteiger partial charge in [-0.2, -0.15) is 0 Å². The molecular weight excluding hydrogens is 394 g/mol. The molecule has 5 nitrogen and oxygen atoms in total. The van der Waals surface area contributed by atoms with Crippen LogP contribution in [-0.4, -0.2) is 17.8 Å². The van der Waals surface area contributed by atoms with Crippen LogP contribution in [0.15, 0.2) is 65.7 Å². The van der Waals surface area contributed by atoms with Crippen molar-refractivity contribution < 1.29 is 14.3 Å². The van der Waals surface area contributed by atoms with Crippen LogP contribution >= 0.6 is 11.8 Å². The minimum atomic E-state index is 0.517. The van der Waals surface area contributed by atoms with Crippen LogP contribution in [0.1, 0.15) is 18.2 Å². The summed E-state index contributed by atoms with van der Waals surface area (Å²) in [7, 11) is 1.67. The van der Waals surface area contributed by atoms with E-state index in [1.807, 2.05) is 49.1 Å². The number of benzene rings is 2. The Kier molecular flexibility index (Phi) is 5.97. The maximum Gasteiger partial charge on any atom is 0.326 e. The molecule has 2 aromatic heterocycles. The van der Waals surface area contributed by atoms with Gasteiger partial charge in [-0.1, -0.05) is 19.1 Å². The lowest BCUT2D eigenvalue weighted by molar-refractivity contribution is -0.870. The molecule has 2 aromatic carbocycles. The number of nitrogens with one attached hydrogen (secondary N) is 1. The van der Waals surface area contributed by atoms with Gasteiger partial charge in [0.2, 0.25) is 0 Å². The Morgan fingerprint density at radius 2 is 1.83 bits per heavy atom. The third-order valence-corrected chi connectivity index (χ3v) is 5.89. The van der Waals surface area contributed by atoms with Gasteiger partial charge in [0.25, 0.3) is 0 Å². The highest BCUT2D eigenvalue weighted by atomic mass is 32.2. The summed E-state index contributed by atoms with van der Waals surface area (Å²) in [5.41, 5.74) is 10.9. The van der Waals surface area contributed by atoms with E-state index in [1.165, 1.54) is 4.90 Å². The fourth-order valence-electron chi connectivity index (χ4n) is 3.61. The SMILES string of the molecule is CCSc1ccc(Oc2ccc(CN)cc2)c(-c2cc(C)[n+](OC)c3[nH]ccc23)c1. The molecule has 30 heavy (non-hydrogen) atoms. The van der Waals surface area contributed by atoms with Gasteiger partial charge in [-0.25, -0.2) is 4.98 Å². The molecule has 4 aromatic rings. The number of nitrogens with zero attached hydrogens (tertiary/aromatic N) is 1. The minimum Gasteiger partial charge on any atom is -0.457 e. The largest absolute Gasteiger partial charge is 0.457 e. The van der Waals surface area contributed by atoms with E-state index in [0.717, 1.165) is 50.7 Å². The number of aromatic amines is 1. The molecule has 0 saturated heterocycles. The molecule has 3 N–H and O–H groups in total. The molecule has 0 aliphatic rings. The third kappa shape index (κ3) is 3.88. The Morgan fingerprint density at radius 1 is 1.03 bits per heavy atom. The number of hydrogen-bond acceptors (Lipinski definition) is 4. The summed E-state index contributed by atoms with van der Waals surface area (Å²) in [5, 5.41) is 1.07. The van der Waals surface area contributed by atoms with Crippen LogP contribution in [-0.2, 0) is 6.54 Å². The van der Waals surface area contributed by atoms with Crippen LogP contribution in [0.4, 0.5) is 0 Å². The zero-order valence-corrected chi connectivity index (χ0v) is 18.3. The molecule has 0 amide bonds. The van der Waals surface area contributed by atoms with Crippen molar-refractivity contribution in [3.05, 3.63) is 72.1 Å². The molecule has 6 heteroatoms. The fraction of sp³-hybridized carbons (Fsp3) is 0.208. The van der Waals surface area contributed by atoms with Crippen LogP contribution in [0.2, 0.25) is 0 Å². The van der Waals surface area contributed by atoms with E-state index in [0.29, 0.717) is 6.54 Å². The predicted octanol–water partition coefficient (Wildman–Crippen LogP) is 4.85. The van der Waals surface area contributed by atoms with Crippen molar-refractivity contribution in [3.63, 3.8) is 0 Å². The van der Waals surface area contributed by atoms with Crippen LogP contribution < -0.4 is 20.0 Å². The van der Waals surface area contributed by atoms with Gasteiger partial charge in [0, 0.05) is 29.5 Å². The van der Waals surface area contributed by atoms with E-state index >= 15 is 0 Å². The first-order valence-corrected chi connectivity index (χ1v) is 10.9. The van der Waals surface area contributed by atoms with Gasteiger partial charge in [0.15, 0.2) is 0 Å². The van der Waals surface area contributed by atoms with Gasteiger partial charge < -0.3 is 15.3 Å². The summed E-state index contributed by atoms with van der Waals surface area (Å²) in [6, 6.07) is 18.5. The molecule has 0 bridgehead atoms. The Balaban J connectivity index is 1.86. The van der Waals surface area contributed by atoms with E-state index < -0.39 is 0 Å². The first-order chi connectivity index (χ1) is 14.6. The topological polar surface area (TPSA) is 64.2 Å². The van der Waals surface area contributed by atoms with Gasteiger partial charge in [0.1, 0.15) is 24.3 Å². The van der Waals surface area contributed by atoms with Crippen molar-refractivity contribution in [1.29, 1.82) is 0 Å². The average molecular weight is 421 g/mol. The predicted molar refractivity (Wildman–Crippen MR) is 122 cm³/mol. The Bertz CT molecular complexity index is 1170. The molecule has 0 radical (unpaired) electrons. The van der Waals surface area contributed by atoms with E-state index in [-0.39, 0.29) is 0 Å². The molecule has 0 aliphatic heterocycles. The van der Waals surface area contributed by atoms with E-state index in [9.17, 15) is 0 Å². The normalized spacial score (nSPS) is 11.1. The monoisotopic (exact) mass is 420 g/mol. The third-order valence-electron chi connectivity index (χ3n) is 5.01. The van der Waals surface area contributed by atoms with E-state index in [2.05, 4.69) is 42.2 Å². The highest BCUT2D eigenvalue weighted by Crippen LogP contribution is 2.39.